The van der Waals surface area contributed by atoms with Crippen molar-refractivity contribution < 1.29 is 18.0 Å². The van der Waals surface area contributed by atoms with E-state index in [9.17, 15) is 18.0 Å². The first-order valence-electron chi connectivity index (χ1n) is 8.34. The molecule has 1 N–H and O–H groups in total. The van der Waals surface area contributed by atoms with Crippen LogP contribution in [0.4, 0.5) is 18.9 Å². The van der Waals surface area contributed by atoms with Gasteiger partial charge in [-0.15, -0.1) is 5.10 Å². The molecule has 0 spiro atoms. The Morgan fingerprint density at radius 1 is 1.18 bits per heavy atom. The van der Waals surface area contributed by atoms with E-state index in [0.29, 0.717) is 5.16 Å². The molecule has 0 atom stereocenters. The smallest absolute Gasteiger partial charge is 0.325 e. The Hall–Kier alpha value is -2.88. The fraction of sp³-hybridized carbons (Fsp3) is 0.222. The monoisotopic (exact) mass is 407 g/mol. The number of aryl methyl sites for hydroxylation is 1. The highest BCUT2D eigenvalue weighted by Gasteiger charge is 2.30. The second-order valence-electron chi connectivity index (χ2n) is 5.81. The number of carbonyl (C=O) groups excluding carboxylic acids is 1. The fourth-order valence-electron chi connectivity index (χ4n) is 2.40. The molecule has 2 aromatic carbocycles. The molecule has 0 unspecified atom stereocenters. The lowest BCUT2D eigenvalue weighted by atomic mass is 10.1. The number of nitrogens with one attached hydrogen (secondary N) is 1. The Morgan fingerprint density at radius 2 is 1.93 bits per heavy atom. The average Bonchev–Trinajstić information content (AvgIpc) is 3.14. The first kappa shape index (κ1) is 19.9. The Bertz CT molecular complexity index is 956. The summed E-state index contributed by atoms with van der Waals surface area (Å²) in [6, 6.07) is 12.2. The highest BCUT2D eigenvalue weighted by molar-refractivity contribution is 7.99. The summed E-state index contributed by atoms with van der Waals surface area (Å²) in [6.45, 7) is 2.05. The molecule has 1 heterocycles. The van der Waals surface area contributed by atoms with Crippen LogP contribution in [0.2, 0.25) is 0 Å². The number of thioether (sulfide) groups is 1. The van der Waals surface area contributed by atoms with Crippen molar-refractivity contribution in [1.82, 2.24) is 20.2 Å². The molecule has 0 aliphatic carbocycles. The maximum atomic E-state index is 12.8. The van der Waals surface area contributed by atoms with Crippen LogP contribution in [-0.2, 0) is 17.4 Å². The van der Waals surface area contributed by atoms with E-state index in [4.69, 9.17) is 0 Å². The number of benzene rings is 2. The quantitative estimate of drug-likeness (QED) is 0.626. The number of hydrogen-bond donors (Lipinski definition) is 1. The van der Waals surface area contributed by atoms with E-state index < -0.39 is 17.6 Å². The van der Waals surface area contributed by atoms with Crippen molar-refractivity contribution in [1.29, 1.82) is 0 Å². The number of amides is 1. The number of halogens is 3. The normalized spacial score (nSPS) is 11.4. The summed E-state index contributed by atoms with van der Waals surface area (Å²) in [5, 5.41) is 14.3. The van der Waals surface area contributed by atoms with Crippen molar-refractivity contribution in [3.05, 3.63) is 59.7 Å². The molecular formula is C18H16F3N5OS. The number of carbonyl (C=O) groups is 1. The van der Waals surface area contributed by atoms with Crippen molar-refractivity contribution in [3.63, 3.8) is 0 Å². The molecular weight excluding hydrogens is 391 g/mol. The Morgan fingerprint density at radius 3 is 2.61 bits per heavy atom. The molecule has 28 heavy (non-hydrogen) atoms. The van der Waals surface area contributed by atoms with Gasteiger partial charge >= 0.3 is 6.18 Å². The van der Waals surface area contributed by atoms with Crippen LogP contribution in [0, 0.1) is 0 Å². The van der Waals surface area contributed by atoms with Crippen LogP contribution >= 0.6 is 11.8 Å². The van der Waals surface area contributed by atoms with E-state index in [1.165, 1.54) is 22.4 Å². The minimum atomic E-state index is -4.47. The lowest BCUT2D eigenvalue weighted by molar-refractivity contribution is -0.137. The number of anilines is 1. The van der Waals surface area contributed by atoms with Crippen molar-refractivity contribution in [2.45, 2.75) is 24.7 Å². The zero-order chi connectivity index (χ0) is 20.1. The summed E-state index contributed by atoms with van der Waals surface area (Å²) in [5.74, 6) is -0.510. The second kappa shape index (κ2) is 8.42. The van der Waals surface area contributed by atoms with Gasteiger partial charge in [0.05, 0.1) is 17.0 Å². The zero-order valence-electron chi connectivity index (χ0n) is 14.8. The van der Waals surface area contributed by atoms with E-state index >= 15 is 0 Å². The summed E-state index contributed by atoms with van der Waals surface area (Å²) in [5.41, 5.74) is 1.18. The molecule has 0 radical (unpaired) electrons. The summed E-state index contributed by atoms with van der Waals surface area (Å²) < 4.78 is 39.8. The van der Waals surface area contributed by atoms with Gasteiger partial charge in [-0.3, -0.25) is 4.79 Å². The van der Waals surface area contributed by atoms with Gasteiger partial charge in [-0.1, -0.05) is 36.9 Å². The van der Waals surface area contributed by atoms with Crippen molar-refractivity contribution >= 4 is 23.4 Å². The third-order valence-corrected chi connectivity index (χ3v) is 4.76. The lowest BCUT2D eigenvalue weighted by Crippen LogP contribution is -2.15. The first-order chi connectivity index (χ1) is 13.4. The average molecular weight is 407 g/mol. The highest BCUT2D eigenvalue weighted by atomic mass is 32.2. The molecule has 1 amide bonds. The van der Waals surface area contributed by atoms with Crippen LogP contribution in [0.15, 0.2) is 53.7 Å². The van der Waals surface area contributed by atoms with Crippen molar-refractivity contribution in [3.8, 4) is 5.69 Å². The molecule has 3 aromatic rings. The number of nitrogens with zero attached hydrogens (tertiary/aromatic N) is 4. The molecule has 3 rings (SSSR count). The fourth-order valence-corrected chi connectivity index (χ4v) is 3.10. The first-order valence-corrected chi connectivity index (χ1v) is 9.33. The third kappa shape index (κ3) is 4.89. The Kier molecular flexibility index (Phi) is 5.98. The number of alkyl halides is 3. The Labute approximate surface area is 163 Å². The predicted molar refractivity (Wildman–Crippen MR) is 99.3 cm³/mol. The molecule has 6 nitrogen and oxygen atoms in total. The van der Waals surface area contributed by atoms with Crippen molar-refractivity contribution in [2.24, 2.45) is 0 Å². The molecule has 0 aliphatic heterocycles. The Balaban J connectivity index is 1.63. The van der Waals surface area contributed by atoms with E-state index in [1.54, 1.807) is 0 Å². The summed E-state index contributed by atoms with van der Waals surface area (Å²) >= 11 is 1.09. The second-order valence-corrected chi connectivity index (χ2v) is 6.75. The van der Waals surface area contributed by atoms with Gasteiger partial charge < -0.3 is 5.32 Å². The van der Waals surface area contributed by atoms with Gasteiger partial charge in [0, 0.05) is 5.69 Å². The number of rotatable bonds is 6. The largest absolute Gasteiger partial charge is 0.416 e. The molecule has 0 saturated heterocycles. The molecule has 0 fully saturated rings. The van der Waals surface area contributed by atoms with Crippen LogP contribution in [0.5, 0.6) is 0 Å². The molecule has 0 aliphatic rings. The van der Waals surface area contributed by atoms with Crippen LogP contribution < -0.4 is 5.32 Å². The highest BCUT2D eigenvalue weighted by Crippen LogP contribution is 2.30. The van der Waals surface area contributed by atoms with E-state index in [1.807, 2.05) is 24.3 Å². The van der Waals surface area contributed by atoms with Crippen LogP contribution in [0.25, 0.3) is 5.69 Å². The van der Waals surface area contributed by atoms with Gasteiger partial charge in [-0.2, -0.15) is 17.9 Å². The molecule has 0 bridgehead atoms. The van der Waals surface area contributed by atoms with Crippen molar-refractivity contribution in [2.75, 3.05) is 11.1 Å². The minimum Gasteiger partial charge on any atom is -0.325 e. The lowest BCUT2D eigenvalue weighted by Gasteiger charge is -2.10. The van der Waals surface area contributed by atoms with Crippen LogP contribution in [0.1, 0.15) is 18.1 Å². The van der Waals surface area contributed by atoms with Gasteiger partial charge in [-0.05, 0) is 52.7 Å². The predicted octanol–water partition coefficient (Wildman–Crippen LogP) is 3.97. The van der Waals surface area contributed by atoms with Gasteiger partial charge in [0.15, 0.2) is 0 Å². The van der Waals surface area contributed by atoms with Gasteiger partial charge in [0.25, 0.3) is 0 Å². The number of aromatic nitrogens is 4. The molecule has 0 saturated carbocycles. The zero-order valence-corrected chi connectivity index (χ0v) is 15.6. The van der Waals surface area contributed by atoms with E-state index in [2.05, 4.69) is 27.8 Å². The maximum absolute atomic E-state index is 12.8. The number of tetrazole rings is 1. The minimum absolute atomic E-state index is 0.0519. The molecule has 1 aromatic heterocycles. The van der Waals surface area contributed by atoms with Gasteiger partial charge in [0.1, 0.15) is 0 Å². The summed E-state index contributed by atoms with van der Waals surface area (Å²) in [4.78, 5) is 12.1. The summed E-state index contributed by atoms with van der Waals surface area (Å²) in [6.07, 6.45) is -3.56. The molecule has 146 valence electrons. The number of hydrogen-bond acceptors (Lipinski definition) is 5. The van der Waals surface area contributed by atoms with E-state index in [-0.39, 0.29) is 11.4 Å². The van der Waals surface area contributed by atoms with Crippen LogP contribution in [0.3, 0.4) is 0 Å². The van der Waals surface area contributed by atoms with Gasteiger partial charge in [-0.25, -0.2) is 0 Å². The SMILES string of the molecule is CCc1ccc(-n2nnnc2SCC(=O)Nc2cccc(C(F)(F)F)c2)cc1. The standard InChI is InChI=1S/C18H16F3N5OS/c1-2-12-6-8-15(9-7-12)26-17(23-24-25-26)28-11-16(27)22-14-5-3-4-13(10-14)18(19,20)21/h3-10H,2,11H2,1H3,(H,22,27). The maximum Gasteiger partial charge on any atom is 0.416 e. The third-order valence-electron chi connectivity index (χ3n) is 3.84. The van der Waals surface area contributed by atoms with Gasteiger partial charge in [0.2, 0.25) is 11.1 Å². The molecule has 10 heteroatoms. The van der Waals surface area contributed by atoms with E-state index in [0.717, 1.165) is 36.0 Å². The van der Waals surface area contributed by atoms with Crippen LogP contribution in [-0.4, -0.2) is 31.9 Å². The topological polar surface area (TPSA) is 72.7 Å². The summed E-state index contributed by atoms with van der Waals surface area (Å²) in [7, 11) is 0.